The number of nitrogens with one attached hydrogen (secondary N) is 2. The van der Waals surface area contributed by atoms with Gasteiger partial charge in [-0.2, -0.15) is 4.52 Å². The molecule has 0 saturated carbocycles. The summed E-state index contributed by atoms with van der Waals surface area (Å²) in [7, 11) is 0. The number of aromatic nitrogens is 4. The number of rotatable bonds is 7. The van der Waals surface area contributed by atoms with Gasteiger partial charge in [-0.15, -0.1) is 15.3 Å². The molecule has 3 aromatic rings. The highest BCUT2D eigenvalue weighted by atomic mass is 19.1. The van der Waals surface area contributed by atoms with Gasteiger partial charge in [-0.3, -0.25) is 4.79 Å². The van der Waals surface area contributed by atoms with Gasteiger partial charge in [-0.25, -0.2) is 4.39 Å². The second-order valence-electron chi connectivity index (χ2n) is 6.39. The maximum Gasteiger partial charge on any atom is 0.251 e. The van der Waals surface area contributed by atoms with E-state index in [1.54, 1.807) is 4.52 Å². The van der Waals surface area contributed by atoms with Crippen LogP contribution in [0.15, 0.2) is 36.4 Å². The van der Waals surface area contributed by atoms with Crippen molar-refractivity contribution in [2.75, 3.05) is 18.4 Å². The number of carbonyl (C=O) groups excluding carboxylic acids is 1. The van der Waals surface area contributed by atoms with Gasteiger partial charge in [0.05, 0.1) is 0 Å². The molecule has 26 heavy (non-hydrogen) atoms. The summed E-state index contributed by atoms with van der Waals surface area (Å²) in [6.45, 7) is 5.45. The summed E-state index contributed by atoms with van der Waals surface area (Å²) in [5.74, 6) is 1.29. The van der Waals surface area contributed by atoms with Crippen LogP contribution in [0.2, 0.25) is 0 Å². The van der Waals surface area contributed by atoms with Crippen molar-refractivity contribution in [1.29, 1.82) is 0 Å². The van der Waals surface area contributed by atoms with E-state index in [1.165, 1.54) is 24.3 Å². The molecule has 0 saturated heterocycles. The number of benzene rings is 1. The van der Waals surface area contributed by atoms with Gasteiger partial charge in [0.2, 0.25) is 0 Å². The van der Waals surface area contributed by atoms with E-state index in [-0.39, 0.29) is 11.7 Å². The molecule has 8 heteroatoms. The zero-order chi connectivity index (χ0) is 18.5. The minimum atomic E-state index is -0.371. The lowest BCUT2D eigenvalue weighted by Crippen LogP contribution is -2.26. The first kappa shape index (κ1) is 17.8. The van der Waals surface area contributed by atoms with Crippen LogP contribution in [-0.4, -0.2) is 38.8 Å². The molecule has 0 unspecified atom stereocenters. The first-order valence-corrected chi connectivity index (χ1v) is 8.52. The summed E-state index contributed by atoms with van der Waals surface area (Å²) in [4.78, 5) is 12.0. The standard InChI is InChI=1S/C18H21FN6O/c1-12(2)11-21-15-7-8-16-22-23-17(25(16)24-15)9-10-20-18(26)13-3-5-14(19)6-4-13/h3-8,12H,9-11H2,1-2H3,(H,20,26)(H,21,24). The molecule has 0 aliphatic rings. The Morgan fingerprint density at radius 2 is 1.92 bits per heavy atom. The molecule has 0 fully saturated rings. The second kappa shape index (κ2) is 7.90. The molecule has 2 heterocycles. The van der Waals surface area contributed by atoms with Gasteiger partial charge in [0, 0.05) is 25.1 Å². The lowest BCUT2D eigenvalue weighted by Gasteiger charge is -2.08. The average molecular weight is 356 g/mol. The SMILES string of the molecule is CC(C)CNc1ccc2nnc(CCNC(=O)c3ccc(F)cc3)n2n1. The Morgan fingerprint density at radius 1 is 1.15 bits per heavy atom. The summed E-state index contributed by atoms with van der Waals surface area (Å²) < 4.78 is 14.6. The molecule has 0 aliphatic carbocycles. The lowest BCUT2D eigenvalue weighted by atomic mass is 10.2. The van der Waals surface area contributed by atoms with Crippen molar-refractivity contribution in [3.63, 3.8) is 0 Å². The number of halogens is 1. The van der Waals surface area contributed by atoms with E-state index in [2.05, 4.69) is 39.8 Å². The Kier molecular flexibility index (Phi) is 5.40. The van der Waals surface area contributed by atoms with E-state index in [0.29, 0.717) is 35.9 Å². The Hall–Kier alpha value is -3.03. The molecule has 3 rings (SSSR count). The second-order valence-corrected chi connectivity index (χ2v) is 6.39. The highest BCUT2D eigenvalue weighted by Crippen LogP contribution is 2.08. The summed E-state index contributed by atoms with van der Waals surface area (Å²) in [6.07, 6.45) is 0.481. The van der Waals surface area contributed by atoms with E-state index in [1.807, 2.05) is 12.1 Å². The largest absolute Gasteiger partial charge is 0.368 e. The zero-order valence-electron chi connectivity index (χ0n) is 14.7. The van der Waals surface area contributed by atoms with Gasteiger partial charge < -0.3 is 10.6 Å². The molecule has 0 bridgehead atoms. The van der Waals surface area contributed by atoms with E-state index in [4.69, 9.17) is 0 Å². The highest BCUT2D eigenvalue weighted by molar-refractivity contribution is 5.94. The van der Waals surface area contributed by atoms with E-state index in [0.717, 1.165) is 12.4 Å². The van der Waals surface area contributed by atoms with Crippen molar-refractivity contribution in [3.05, 3.63) is 53.6 Å². The topological polar surface area (TPSA) is 84.2 Å². The van der Waals surface area contributed by atoms with Crippen LogP contribution in [-0.2, 0) is 6.42 Å². The molecular weight excluding hydrogens is 335 g/mol. The predicted molar refractivity (Wildman–Crippen MR) is 96.5 cm³/mol. The maximum atomic E-state index is 12.9. The predicted octanol–water partition coefficient (Wildman–Crippen LogP) is 2.30. The third kappa shape index (κ3) is 4.33. The summed E-state index contributed by atoms with van der Waals surface area (Å²) in [5, 5.41) is 18.8. The van der Waals surface area contributed by atoms with E-state index < -0.39 is 0 Å². The molecule has 2 aromatic heterocycles. The van der Waals surface area contributed by atoms with Crippen LogP contribution in [0.1, 0.15) is 30.0 Å². The Bertz CT molecular complexity index is 890. The fourth-order valence-corrected chi connectivity index (χ4v) is 2.38. The third-order valence-electron chi connectivity index (χ3n) is 3.76. The zero-order valence-corrected chi connectivity index (χ0v) is 14.7. The summed E-state index contributed by atoms with van der Waals surface area (Å²) >= 11 is 0. The van der Waals surface area contributed by atoms with Crippen LogP contribution in [0, 0.1) is 11.7 Å². The van der Waals surface area contributed by atoms with Crippen molar-refractivity contribution in [3.8, 4) is 0 Å². The smallest absolute Gasteiger partial charge is 0.251 e. The van der Waals surface area contributed by atoms with Crippen molar-refractivity contribution in [2.45, 2.75) is 20.3 Å². The molecule has 0 atom stereocenters. The van der Waals surface area contributed by atoms with Gasteiger partial charge in [0.1, 0.15) is 11.6 Å². The number of carbonyl (C=O) groups is 1. The first-order chi connectivity index (χ1) is 12.5. The number of amides is 1. The van der Waals surface area contributed by atoms with Crippen LogP contribution < -0.4 is 10.6 Å². The molecule has 1 aromatic carbocycles. The van der Waals surface area contributed by atoms with Crippen molar-refractivity contribution in [1.82, 2.24) is 25.1 Å². The third-order valence-corrected chi connectivity index (χ3v) is 3.76. The molecule has 2 N–H and O–H groups in total. The first-order valence-electron chi connectivity index (χ1n) is 8.52. The highest BCUT2D eigenvalue weighted by Gasteiger charge is 2.10. The maximum absolute atomic E-state index is 12.9. The van der Waals surface area contributed by atoms with E-state index >= 15 is 0 Å². The summed E-state index contributed by atoms with van der Waals surface area (Å²) in [5.41, 5.74) is 1.07. The Morgan fingerprint density at radius 3 is 2.65 bits per heavy atom. The number of nitrogens with zero attached hydrogens (tertiary/aromatic N) is 4. The number of fused-ring (bicyclic) bond motifs is 1. The molecular formula is C18H21FN6O. The molecule has 0 aliphatic heterocycles. The van der Waals surface area contributed by atoms with E-state index in [9.17, 15) is 9.18 Å². The van der Waals surface area contributed by atoms with Crippen LogP contribution >= 0.6 is 0 Å². The van der Waals surface area contributed by atoms with Crippen molar-refractivity contribution >= 4 is 17.4 Å². The molecule has 0 radical (unpaired) electrons. The van der Waals surface area contributed by atoms with Gasteiger partial charge in [0.15, 0.2) is 11.5 Å². The van der Waals surface area contributed by atoms with Gasteiger partial charge in [-0.05, 0) is 42.3 Å². The number of hydrogen-bond acceptors (Lipinski definition) is 5. The molecule has 1 amide bonds. The van der Waals surface area contributed by atoms with Crippen LogP contribution in [0.4, 0.5) is 10.2 Å². The number of anilines is 1. The normalized spacial score (nSPS) is 11.1. The average Bonchev–Trinajstić information content (AvgIpc) is 3.03. The quantitative estimate of drug-likeness (QED) is 0.679. The van der Waals surface area contributed by atoms with Gasteiger partial charge >= 0.3 is 0 Å². The molecule has 7 nitrogen and oxygen atoms in total. The Labute approximate surface area is 150 Å². The lowest BCUT2D eigenvalue weighted by molar-refractivity contribution is 0.0954. The fraction of sp³-hybridized carbons (Fsp3) is 0.333. The Balaban J connectivity index is 1.62. The van der Waals surface area contributed by atoms with Gasteiger partial charge in [-0.1, -0.05) is 13.8 Å². The minimum Gasteiger partial charge on any atom is -0.368 e. The fourth-order valence-electron chi connectivity index (χ4n) is 2.38. The van der Waals surface area contributed by atoms with Crippen molar-refractivity contribution in [2.24, 2.45) is 5.92 Å². The van der Waals surface area contributed by atoms with Crippen LogP contribution in [0.5, 0.6) is 0 Å². The molecule has 0 spiro atoms. The van der Waals surface area contributed by atoms with Crippen molar-refractivity contribution < 1.29 is 9.18 Å². The van der Waals surface area contributed by atoms with Crippen LogP contribution in [0.3, 0.4) is 0 Å². The molecule has 136 valence electrons. The minimum absolute atomic E-state index is 0.258. The number of hydrogen-bond donors (Lipinski definition) is 2. The van der Waals surface area contributed by atoms with Gasteiger partial charge in [0.25, 0.3) is 5.91 Å². The van der Waals surface area contributed by atoms with Crippen LogP contribution in [0.25, 0.3) is 5.65 Å². The monoisotopic (exact) mass is 356 g/mol. The summed E-state index contributed by atoms with van der Waals surface area (Å²) in [6, 6.07) is 9.14.